The molecule has 4 nitrogen and oxygen atoms in total. The first kappa shape index (κ1) is 12.0. The Balaban J connectivity index is 1.65. The minimum atomic E-state index is 0.155. The zero-order chi connectivity index (χ0) is 12.1. The van der Waals surface area contributed by atoms with Crippen molar-refractivity contribution >= 4 is 5.91 Å². The molecule has 92 valence electrons. The predicted molar refractivity (Wildman–Crippen MR) is 66.4 cm³/mol. The molecule has 0 aliphatic heterocycles. The van der Waals surface area contributed by atoms with Crippen molar-refractivity contribution in [2.24, 2.45) is 0 Å². The van der Waals surface area contributed by atoms with E-state index in [1.54, 1.807) is 12.4 Å². The molecule has 0 bridgehead atoms. The number of aromatic nitrogens is 1. The van der Waals surface area contributed by atoms with E-state index in [9.17, 15) is 4.79 Å². The average Bonchev–Trinajstić information content (AvgIpc) is 3.14. The highest BCUT2D eigenvalue weighted by atomic mass is 16.1. The Morgan fingerprint density at radius 3 is 2.82 bits per heavy atom. The van der Waals surface area contributed by atoms with E-state index < -0.39 is 0 Å². The molecule has 1 atom stereocenters. The van der Waals surface area contributed by atoms with Gasteiger partial charge in [-0.25, -0.2) is 0 Å². The Hall–Kier alpha value is -1.42. The summed E-state index contributed by atoms with van der Waals surface area (Å²) in [6.07, 6.45) is 6.41. The van der Waals surface area contributed by atoms with E-state index in [1.165, 1.54) is 5.56 Å². The van der Waals surface area contributed by atoms with E-state index in [2.05, 4.69) is 22.5 Å². The van der Waals surface area contributed by atoms with Gasteiger partial charge in [-0.1, -0.05) is 0 Å². The molecule has 0 unspecified atom stereocenters. The summed E-state index contributed by atoms with van der Waals surface area (Å²) in [5.41, 5.74) is 1.20. The first-order valence-electron chi connectivity index (χ1n) is 6.18. The fourth-order valence-electron chi connectivity index (χ4n) is 1.70. The Morgan fingerprint density at radius 2 is 2.18 bits per heavy atom. The molecule has 1 aliphatic carbocycles. The molecule has 0 aromatic carbocycles. The summed E-state index contributed by atoms with van der Waals surface area (Å²) in [6.45, 7) is 2.80. The summed E-state index contributed by atoms with van der Waals surface area (Å²) in [4.78, 5) is 15.4. The number of nitrogens with zero attached hydrogens (tertiary/aromatic N) is 1. The van der Waals surface area contributed by atoms with Crippen LogP contribution < -0.4 is 10.6 Å². The third-order valence-corrected chi connectivity index (χ3v) is 2.95. The van der Waals surface area contributed by atoms with Gasteiger partial charge in [0.2, 0.25) is 5.91 Å². The number of nitrogens with one attached hydrogen (secondary N) is 2. The van der Waals surface area contributed by atoms with Gasteiger partial charge < -0.3 is 10.6 Å². The summed E-state index contributed by atoms with van der Waals surface area (Å²) < 4.78 is 0. The molecule has 0 spiro atoms. The van der Waals surface area contributed by atoms with Gasteiger partial charge >= 0.3 is 0 Å². The molecule has 1 heterocycles. The van der Waals surface area contributed by atoms with E-state index >= 15 is 0 Å². The maximum absolute atomic E-state index is 11.5. The standard InChI is InChI=1S/C13H19N3O/c1-10(11-4-7-14-8-5-11)15-9-6-13(17)16-12-2-3-12/h4-5,7-8,10,12,15H,2-3,6,9H2,1H3,(H,16,17)/t10-/m1/s1. The van der Waals surface area contributed by atoms with Crippen molar-refractivity contribution in [2.45, 2.75) is 38.3 Å². The van der Waals surface area contributed by atoms with Gasteiger partial charge in [-0.05, 0) is 37.5 Å². The molecule has 1 amide bonds. The Labute approximate surface area is 102 Å². The van der Waals surface area contributed by atoms with Crippen LogP contribution in [0.4, 0.5) is 0 Å². The van der Waals surface area contributed by atoms with Crippen LogP contribution in [0.2, 0.25) is 0 Å². The second-order valence-electron chi connectivity index (χ2n) is 4.55. The maximum Gasteiger partial charge on any atom is 0.221 e. The molecule has 2 N–H and O–H groups in total. The van der Waals surface area contributed by atoms with Gasteiger partial charge in [0.05, 0.1) is 0 Å². The molecule has 2 rings (SSSR count). The third-order valence-electron chi connectivity index (χ3n) is 2.95. The quantitative estimate of drug-likeness (QED) is 0.781. The molecule has 1 saturated carbocycles. The molecule has 1 aromatic rings. The van der Waals surface area contributed by atoms with Crippen molar-refractivity contribution in [3.63, 3.8) is 0 Å². The van der Waals surface area contributed by atoms with Gasteiger partial charge in [0, 0.05) is 37.4 Å². The summed E-state index contributed by atoms with van der Waals surface area (Å²) in [5, 5.41) is 6.31. The van der Waals surface area contributed by atoms with Crippen molar-refractivity contribution in [3.05, 3.63) is 30.1 Å². The highest BCUT2D eigenvalue weighted by Gasteiger charge is 2.22. The van der Waals surface area contributed by atoms with Crippen LogP contribution in [-0.2, 0) is 4.79 Å². The molecule has 1 aromatic heterocycles. The Kier molecular flexibility index (Phi) is 4.09. The smallest absolute Gasteiger partial charge is 0.221 e. The zero-order valence-corrected chi connectivity index (χ0v) is 10.1. The lowest BCUT2D eigenvalue weighted by atomic mass is 10.1. The lowest BCUT2D eigenvalue weighted by Crippen LogP contribution is -2.30. The summed E-state index contributed by atoms with van der Waals surface area (Å²) >= 11 is 0. The van der Waals surface area contributed by atoms with Crippen LogP contribution in [0, 0.1) is 0 Å². The molecule has 0 saturated heterocycles. The number of carbonyl (C=O) groups excluding carboxylic acids is 1. The van der Waals surface area contributed by atoms with E-state index in [-0.39, 0.29) is 11.9 Å². The SMILES string of the molecule is C[C@@H](NCCC(=O)NC1CC1)c1ccncc1. The first-order valence-corrected chi connectivity index (χ1v) is 6.18. The van der Waals surface area contributed by atoms with Crippen molar-refractivity contribution in [1.82, 2.24) is 15.6 Å². The van der Waals surface area contributed by atoms with E-state index in [1.807, 2.05) is 12.1 Å². The van der Waals surface area contributed by atoms with Gasteiger partial charge in [0.1, 0.15) is 0 Å². The number of hydrogen-bond acceptors (Lipinski definition) is 3. The van der Waals surface area contributed by atoms with Gasteiger partial charge in [0.25, 0.3) is 0 Å². The first-order chi connectivity index (χ1) is 8.25. The lowest BCUT2D eigenvalue weighted by Gasteiger charge is -2.13. The average molecular weight is 233 g/mol. The summed E-state index contributed by atoms with van der Waals surface area (Å²) in [5.74, 6) is 0.155. The van der Waals surface area contributed by atoms with E-state index in [4.69, 9.17) is 0 Å². The topological polar surface area (TPSA) is 54.0 Å². The fraction of sp³-hybridized carbons (Fsp3) is 0.538. The van der Waals surface area contributed by atoms with Crippen LogP contribution >= 0.6 is 0 Å². The van der Waals surface area contributed by atoms with Gasteiger partial charge in [0.15, 0.2) is 0 Å². The number of hydrogen-bond donors (Lipinski definition) is 2. The molecule has 1 fully saturated rings. The third kappa shape index (κ3) is 4.15. The second kappa shape index (κ2) is 5.77. The lowest BCUT2D eigenvalue weighted by molar-refractivity contribution is -0.121. The minimum Gasteiger partial charge on any atom is -0.353 e. The molecule has 17 heavy (non-hydrogen) atoms. The van der Waals surface area contributed by atoms with Crippen molar-refractivity contribution in [2.75, 3.05) is 6.54 Å². The number of rotatable bonds is 6. The van der Waals surface area contributed by atoms with Crippen LogP contribution in [0.25, 0.3) is 0 Å². The van der Waals surface area contributed by atoms with Crippen LogP contribution in [-0.4, -0.2) is 23.5 Å². The zero-order valence-electron chi connectivity index (χ0n) is 10.1. The van der Waals surface area contributed by atoms with Gasteiger partial charge in [-0.2, -0.15) is 0 Å². The van der Waals surface area contributed by atoms with Crippen LogP contribution in [0.3, 0.4) is 0 Å². The fourth-order valence-corrected chi connectivity index (χ4v) is 1.70. The molecule has 0 radical (unpaired) electrons. The monoisotopic (exact) mass is 233 g/mol. The van der Waals surface area contributed by atoms with Crippen molar-refractivity contribution in [1.29, 1.82) is 0 Å². The van der Waals surface area contributed by atoms with E-state index in [0.717, 1.165) is 12.8 Å². The van der Waals surface area contributed by atoms with Gasteiger partial charge in [-0.15, -0.1) is 0 Å². The largest absolute Gasteiger partial charge is 0.353 e. The van der Waals surface area contributed by atoms with Crippen LogP contribution in [0.15, 0.2) is 24.5 Å². The highest BCUT2D eigenvalue weighted by molar-refractivity contribution is 5.76. The second-order valence-corrected chi connectivity index (χ2v) is 4.55. The summed E-state index contributed by atoms with van der Waals surface area (Å²) in [7, 11) is 0. The van der Waals surface area contributed by atoms with E-state index in [0.29, 0.717) is 19.0 Å². The number of pyridine rings is 1. The summed E-state index contributed by atoms with van der Waals surface area (Å²) in [6, 6.07) is 4.69. The van der Waals surface area contributed by atoms with Gasteiger partial charge in [-0.3, -0.25) is 9.78 Å². The molecular formula is C13H19N3O. The Bertz CT molecular complexity index is 362. The number of amides is 1. The normalized spacial score (nSPS) is 16.5. The Morgan fingerprint density at radius 1 is 1.47 bits per heavy atom. The highest BCUT2D eigenvalue weighted by Crippen LogP contribution is 2.18. The minimum absolute atomic E-state index is 0.155. The maximum atomic E-state index is 11.5. The van der Waals surface area contributed by atoms with Crippen LogP contribution in [0.1, 0.15) is 37.8 Å². The molecule has 1 aliphatic rings. The molecular weight excluding hydrogens is 214 g/mol. The predicted octanol–water partition coefficient (Wildman–Crippen LogP) is 1.40. The van der Waals surface area contributed by atoms with Crippen molar-refractivity contribution < 1.29 is 4.79 Å². The van der Waals surface area contributed by atoms with Crippen molar-refractivity contribution in [3.8, 4) is 0 Å². The van der Waals surface area contributed by atoms with Crippen LogP contribution in [0.5, 0.6) is 0 Å². The number of carbonyl (C=O) groups is 1. The molecule has 4 heteroatoms.